The van der Waals surface area contributed by atoms with Crippen molar-refractivity contribution >= 4 is 20.1 Å². The third-order valence-electron chi connectivity index (χ3n) is 0.0660. The maximum absolute atomic E-state index is 9.20. The molecule has 0 aromatic heterocycles. The summed E-state index contributed by atoms with van der Waals surface area (Å²) in [7, 11) is -2.86. The van der Waals surface area contributed by atoms with E-state index in [0.717, 1.165) is 0 Å². The monoisotopic (exact) mass is 116 g/mol. The Morgan fingerprint density at radius 3 is 2.20 bits per heavy atom. The quantitative estimate of drug-likeness (QED) is 0.509. The van der Waals surface area contributed by atoms with Crippen molar-refractivity contribution in [3.63, 3.8) is 0 Å². The fourth-order valence-corrected chi connectivity index (χ4v) is 0. The van der Waals surface area contributed by atoms with Crippen LogP contribution in [-0.2, 0) is 8.64 Å². The lowest BCUT2D eigenvalue weighted by Gasteiger charge is -1.73. The largest absolute Gasteiger partial charge is 0.332 e. The first-order valence-electron chi connectivity index (χ1n) is 0.786. The van der Waals surface area contributed by atoms with Gasteiger partial charge in [-0.2, -0.15) is 4.08 Å². The van der Waals surface area contributed by atoms with E-state index in [1.807, 2.05) is 0 Å². The molecule has 5 heteroatoms. The van der Waals surface area contributed by atoms with Crippen LogP contribution in [0, 0.1) is 0 Å². The van der Waals surface area contributed by atoms with E-state index < -0.39 is 8.25 Å². The molecule has 0 aromatic carbocycles. The summed E-state index contributed by atoms with van der Waals surface area (Å²) >= 11 is 4.32. The molecule has 0 bridgehead atoms. The van der Waals surface area contributed by atoms with Crippen LogP contribution in [0.3, 0.4) is 0 Å². The zero-order valence-electron chi connectivity index (χ0n) is 2.14. The molecule has 0 heterocycles. The second-order valence-electron chi connectivity index (χ2n) is 0.343. The van der Waals surface area contributed by atoms with E-state index in [4.69, 9.17) is 4.89 Å². The van der Waals surface area contributed by atoms with Crippen molar-refractivity contribution in [3.05, 3.63) is 0 Å². The fourth-order valence-electron chi connectivity index (χ4n) is 0. The first-order valence-corrected chi connectivity index (χ1v) is 2.36. The van der Waals surface area contributed by atoms with Gasteiger partial charge in [0, 0.05) is 0 Å². The average molecular weight is 116 g/mol. The van der Waals surface area contributed by atoms with Gasteiger partial charge >= 0.3 is 8.25 Å². The van der Waals surface area contributed by atoms with E-state index in [1.165, 1.54) is 0 Å². The molecule has 0 aromatic rings. The number of hydrogen-bond acceptors (Lipinski definition) is 2. The second kappa shape index (κ2) is 2.67. The van der Waals surface area contributed by atoms with Gasteiger partial charge in [0.1, 0.15) is 0 Å². The standard InChI is InChI=1S/ClH2O3P/c1-4-5(2)3/h5H,(H,2,3). The molecule has 0 fully saturated rings. The minimum atomic E-state index is -2.86. The fraction of sp³-hybridized carbons (Fsp3) is 0. The Morgan fingerprint density at radius 2 is 2.20 bits per heavy atom. The van der Waals surface area contributed by atoms with Gasteiger partial charge in [0.2, 0.25) is 0 Å². The molecule has 0 aliphatic carbocycles. The van der Waals surface area contributed by atoms with Crippen molar-refractivity contribution in [1.82, 2.24) is 0 Å². The van der Waals surface area contributed by atoms with Crippen molar-refractivity contribution in [2.24, 2.45) is 0 Å². The molecule has 0 aliphatic rings. The van der Waals surface area contributed by atoms with Crippen molar-refractivity contribution in [2.75, 3.05) is 0 Å². The lowest BCUT2D eigenvalue weighted by molar-refractivity contribution is 0.425. The summed E-state index contributed by atoms with van der Waals surface area (Å²) in [5.41, 5.74) is 0. The summed E-state index contributed by atoms with van der Waals surface area (Å²) in [5.74, 6) is 0. The van der Waals surface area contributed by atoms with Crippen LogP contribution < -0.4 is 0 Å². The highest BCUT2D eigenvalue weighted by atomic mass is 35.5. The van der Waals surface area contributed by atoms with E-state index in [2.05, 4.69) is 15.9 Å². The average Bonchev–Trinajstić information content (AvgIpc) is 1.38. The molecule has 1 atom stereocenters. The Labute approximate surface area is 34.6 Å². The van der Waals surface area contributed by atoms with Gasteiger partial charge < -0.3 is 4.89 Å². The smallest absolute Gasteiger partial charge is 0.326 e. The summed E-state index contributed by atoms with van der Waals surface area (Å²) in [5, 5.41) is 0. The van der Waals surface area contributed by atoms with E-state index >= 15 is 0 Å². The summed E-state index contributed by atoms with van der Waals surface area (Å²) in [4.78, 5) is 7.55. The summed E-state index contributed by atoms with van der Waals surface area (Å²) in [6.07, 6.45) is 0. The number of rotatable bonds is 1. The predicted molar refractivity (Wildman–Crippen MR) is 18.2 cm³/mol. The molecule has 32 valence electrons. The van der Waals surface area contributed by atoms with Gasteiger partial charge in [-0.25, -0.2) is 0 Å². The molecular weight excluding hydrogens is 114 g/mol. The molecule has 1 N–H and O–H groups in total. The van der Waals surface area contributed by atoms with Crippen LogP contribution in [0.25, 0.3) is 0 Å². The van der Waals surface area contributed by atoms with Gasteiger partial charge in [-0.1, -0.05) is 0 Å². The second-order valence-corrected chi connectivity index (χ2v) is 1.49. The Hall–Kier alpha value is 0.440. The highest BCUT2D eigenvalue weighted by Crippen LogP contribution is 2.15. The van der Waals surface area contributed by atoms with E-state index in [0.29, 0.717) is 0 Å². The van der Waals surface area contributed by atoms with Crippen LogP contribution in [-0.4, -0.2) is 4.89 Å². The molecule has 0 amide bonds. The topological polar surface area (TPSA) is 46.5 Å². The maximum Gasteiger partial charge on any atom is 0.332 e. The van der Waals surface area contributed by atoms with Gasteiger partial charge in [0.25, 0.3) is 0 Å². The Kier molecular flexibility index (Phi) is 2.90. The summed E-state index contributed by atoms with van der Waals surface area (Å²) in [6, 6.07) is 0. The van der Waals surface area contributed by atoms with E-state index in [1.54, 1.807) is 0 Å². The first kappa shape index (κ1) is 5.44. The number of hydrogen-bond donors (Lipinski definition) is 1. The number of halogens is 1. The van der Waals surface area contributed by atoms with Crippen molar-refractivity contribution in [1.29, 1.82) is 0 Å². The SMILES string of the molecule is O=[PH](O)OCl. The van der Waals surface area contributed by atoms with Crippen LogP contribution in [0.1, 0.15) is 0 Å². The van der Waals surface area contributed by atoms with E-state index in [-0.39, 0.29) is 0 Å². The molecule has 0 spiro atoms. The van der Waals surface area contributed by atoms with Crippen LogP contribution >= 0.6 is 20.1 Å². The molecular formula is H2ClO3P. The lowest BCUT2D eigenvalue weighted by atomic mass is 15.8. The molecule has 3 nitrogen and oxygen atoms in total. The Balaban J connectivity index is 2.85. The van der Waals surface area contributed by atoms with Crippen LogP contribution in [0.15, 0.2) is 0 Å². The summed E-state index contributed by atoms with van der Waals surface area (Å²) in [6.45, 7) is 0. The minimum absolute atomic E-state index is 2.86. The minimum Gasteiger partial charge on any atom is -0.326 e. The van der Waals surface area contributed by atoms with Gasteiger partial charge in [-0.05, 0) is 0 Å². The Bertz CT molecular complexity index is 42.2. The molecule has 0 aliphatic heterocycles. The van der Waals surface area contributed by atoms with Crippen LogP contribution in [0.4, 0.5) is 0 Å². The van der Waals surface area contributed by atoms with Crippen LogP contribution in [0.2, 0.25) is 0 Å². The van der Waals surface area contributed by atoms with Crippen molar-refractivity contribution in [2.45, 2.75) is 0 Å². The maximum atomic E-state index is 9.20. The third kappa shape index (κ3) is 4.44. The van der Waals surface area contributed by atoms with Crippen molar-refractivity contribution < 1.29 is 13.5 Å². The van der Waals surface area contributed by atoms with E-state index in [9.17, 15) is 4.57 Å². The molecule has 5 heavy (non-hydrogen) atoms. The molecule has 0 saturated carbocycles. The highest BCUT2D eigenvalue weighted by Gasteiger charge is 1.78. The summed E-state index contributed by atoms with van der Waals surface area (Å²) < 4.78 is 12.5. The predicted octanol–water partition coefficient (Wildman–Crippen LogP) is 0.539. The van der Waals surface area contributed by atoms with Gasteiger partial charge in [-0.15, -0.1) is 0 Å². The lowest BCUT2D eigenvalue weighted by Crippen LogP contribution is -1.45. The zero-order chi connectivity index (χ0) is 4.28. The normalized spacial score (nSPS) is 14.8. The third-order valence-corrected chi connectivity index (χ3v) is 0.594. The molecule has 1 unspecified atom stereocenters. The molecule has 0 rings (SSSR count). The van der Waals surface area contributed by atoms with Crippen molar-refractivity contribution in [3.8, 4) is 0 Å². The Morgan fingerprint density at radius 1 is 2.00 bits per heavy atom. The molecule has 0 radical (unpaired) electrons. The zero-order valence-corrected chi connectivity index (χ0v) is 3.90. The van der Waals surface area contributed by atoms with Gasteiger partial charge in [0.15, 0.2) is 0 Å². The first-order chi connectivity index (χ1) is 2.27. The van der Waals surface area contributed by atoms with Gasteiger partial charge in [0.05, 0.1) is 11.9 Å². The highest BCUT2D eigenvalue weighted by molar-refractivity contribution is 7.33. The van der Waals surface area contributed by atoms with Gasteiger partial charge in [-0.3, -0.25) is 4.57 Å². The molecule has 0 saturated heterocycles. The van der Waals surface area contributed by atoms with Crippen LogP contribution in [0.5, 0.6) is 0 Å².